The molecule has 0 fully saturated rings. The maximum atomic E-state index is 3.59. The van der Waals surface area contributed by atoms with Crippen LogP contribution < -0.4 is 5.32 Å². The van der Waals surface area contributed by atoms with Gasteiger partial charge in [0.1, 0.15) is 0 Å². The zero-order valence-electron chi connectivity index (χ0n) is 9.72. The zero-order valence-corrected chi connectivity index (χ0v) is 12.1. The molecule has 3 heteroatoms. The van der Waals surface area contributed by atoms with Crippen molar-refractivity contribution in [2.75, 3.05) is 6.54 Å². The van der Waals surface area contributed by atoms with Gasteiger partial charge in [0.25, 0.3) is 0 Å². The highest BCUT2D eigenvalue weighted by atomic mass is 79.9. The molecule has 2 unspecified atom stereocenters. The standard InChI is InChI=1S/C12H20BrNS/c1-4-11(14-5-2)9(3)8-12-10(13)6-7-15-12/h6-7,9,11,14H,4-5,8H2,1-3H3. The lowest BCUT2D eigenvalue weighted by atomic mass is 9.95. The summed E-state index contributed by atoms with van der Waals surface area (Å²) >= 11 is 5.44. The summed E-state index contributed by atoms with van der Waals surface area (Å²) in [6.45, 7) is 7.83. The smallest absolute Gasteiger partial charge is 0.0314 e. The van der Waals surface area contributed by atoms with Crippen molar-refractivity contribution in [2.24, 2.45) is 5.92 Å². The third kappa shape index (κ3) is 3.89. The molecule has 0 bridgehead atoms. The zero-order chi connectivity index (χ0) is 11.3. The minimum atomic E-state index is 0.643. The predicted octanol–water partition coefficient (Wildman–Crippen LogP) is 4.08. The number of halogens is 1. The van der Waals surface area contributed by atoms with Crippen LogP contribution in [0.25, 0.3) is 0 Å². The van der Waals surface area contributed by atoms with Crippen LogP contribution in [0.1, 0.15) is 32.1 Å². The van der Waals surface area contributed by atoms with Crippen LogP contribution in [0.2, 0.25) is 0 Å². The van der Waals surface area contributed by atoms with Crippen molar-refractivity contribution in [3.63, 3.8) is 0 Å². The van der Waals surface area contributed by atoms with Gasteiger partial charge in [0.15, 0.2) is 0 Å². The van der Waals surface area contributed by atoms with Crippen molar-refractivity contribution in [1.29, 1.82) is 0 Å². The molecule has 1 aromatic heterocycles. The van der Waals surface area contributed by atoms with Crippen molar-refractivity contribution < 1.29 is 0 Å². The Morgan fingerprint density at radius 1 is 1.47 bits per heavy atom. The Morgan fingerprint density at radius 2 is 2.20 bits per heavy atom. The van der Waals surface area contributed by atoms with E-state index in [-0.39, 0.29) is 0 Å². The maximum absolute atomic E-state index is 3.59. The lowest BCUT2D eigenvalue weighted by molar-refractivity contribution is 0.372. The lowest BCUT2D eigenvalue weighted by Crippen LogP contribution is -2.35. The SMILES string of the molecule is CCNC(CC)C(C)Cc1sccc1Br. The topological polar surface area (TPSA) is 12.0 Å². The molecule has 0 radical (unpaired) electrons. The molecule has 1 nitrogen and oxygen atoms in total. The minimum absolute atomic E-state index is 0.643. The fourth-order valence-corrected chi connectivity index (χ4v) is 3.57. The summed E-state index contributed by atoms with van der Waals surface area (Å²) in [4.78, 5) is 1.47. The van der Waals surface area contributed by atoms with Gasteiger partial charge in [-0.1, -0.05) is 20.8 Å². The summed E-state index contributed by atoms with van der Waals surface area (Å²) < 4.78 is 1.27. The molecule has 1 heterocycles. The van der Waals surface area contributed by atoms with Crippen LogP contribution in [0.15, 0.2) is 15.9 Å². The Kier molecular flexibility index (Phi) is 5.87. The van der Waals surface area contributed by atoms with Crippen LogP contribution in [0.4, 0.5) is 0 Å². The second kappa shape index (κ2) is 6.66. The Balaban J connectivity index is 2.53. The maximum Gasteiger partial charge on any atom is 0.0314 e. The van der Waals surface area contributed by atoms with Crippen molar-refractivity contribution in [2.45, 2.75) is 39.7 Å². The molecule has 0 saturated carbocycles. The Hall–Kier alpha value is 0.140. The molecule has 1 aromatic rings. The van der Waals surface area contributed by atoms with Crippen LogP contribution in [0.3, 0.4) is 0 Å². The number of nitrogens with one attached hydrogen (secondary N) is 1. The number of rotatable bonds is 6. The van der Waals surface area contributed by atoms with Gasteiger partial charge in [-0.25, -0.2) is 0 Å². The predicted molar refractivity (Wildman–Crippen MR) is 72.6 cm³/mol. The van der Waals surface area contributed by atoms with E-state index in [1.807, 2.05) is 11.3 Å². The molecular weight excluding hydrogens is 270 g/mol. The third-order valence-corrected chi connectivity index (χ3v) is 4.74. The number of thiophene rings is 1. The van der Waals surface area contributed by atoms with E-state index in [4.69, 9.17) is 0 Å². The van der Waals surface area contributed by atoms with Crippen LogP contribution in [0.5, 0.6) is 0 Å². The fourth-order valence-electron chi connectivity index (χ4n) is 1.92. The second-order valence-corrected chi connectivity index (χ2v) is 5.80. The summed E-state index contributed by atoms with van der Waals surface area (Å²) in [6.07, 6.45) is 2.38. The molecule has 1 N–H and O–H groups in total. The van der Waals surface area contributed by atoms with Gasteiger partial charge in [-0.2, -0.15) is 0 Å². The first-order chi connectivity index (χ1) is 7.19. The molecule has 0 spiro atoms. The Morgan fingerprint density at radius 3 is 2.67 bits per heavy atom. The average Bonchev–Trinajstić information content (AvgIpc) is 2.60. The van der Waals surface area contributed by atoms with E-state index in [1.54, 1.807) is 0 Å². The van der Waals surface area contributed by atoms with Crippen LogP contribution in [0, 0.1) is 5.92 Å². The van der Waals surface area contributed by atoms with Crippen LogP contribution >= 0.6 is 27.3 Å². The summed E-state index contributed by atoms with van der Waals surface area (Å²) in [5, 5.41) is 5.71. The highest BCUT2D eigenvalue weighted by Crippen LogP contribution is 2.26. The van der Waals surface area contributed by atoms with Crippen molar-refractivity contribution in [3.05, 3.63) is 20.8 Å². The summed E-state index contributed by atoms with van der Waals surface area (Å²) in [6, 6.07) is 2.78. The molecule has 0 saturated heterocycles. The summed E-state index contributed by atoms with van der Waals surface area (Å²) in [7, 11) is 0. The van der Waals surface area contributed by atoms with Gasteiger partial charge in [0.2, 0.25) is 0 Å². The molecular formula is C12H20BrNS. The first-order valence-corrected chi connectivity index (χ1v) is 7.31. The van der Waals surface area contributed by atoms with Crippen molar-refractivity contribution in [1.82, 2.24) is 5.32 Å². The van der Waals surface area contributed by atoms with E-state index in [0.29, 0.717) is 12.0 Å². The minimum Gasteiger partial charge on any atom is -0.314 e. The van der Waals surface area contributed by atoms with Crippen LogP contribution in [-0.4, -0.2) is 12.6 Å². The summed E-state index contributed by atoms with van der Waals surface area (Å²) in [5.41, 5.74) is 0. The molecule has 0 aliphatic rings. The van der Waals surface area contributed by atoms with E-state index in [1.165, 1.54) is 22.2 Å². The van der Waals surface area contributed by atoms with Gasteiger partial charge in [-0.05, 0) is 52.7 Å². The molecule has 2 atom stereocenters. The molecule has 0 aliphatic heterocycles. The molecule has 86 valence electrons. The average molecular weight is 290 g/mol. The third-order valence-electron chi connectivity index (χ3n) is 2.79. The van der Waals surface area contributed by atoms with Gasteiger partial charge in [-0.15, -0.1) is 11.3 Å². The highest BCUT2D eigenvalue weighted by Gasteiger charge is 2.16. The van der Waals surface area contributed by atoms with E-state index < -0.39 is 0 Å². The number of hydrogen-bond donors (Lipinski definition) is 1. The van der Waals surface area contributed by atoms with Crippen molar-refractivity contribution >= 4 is 27.3 Å². The van der Waals surface area contributed by atoms with E-state index >= 15 is 0 Å². The second-order valence-electron chi connectivity index (χ2n) is 3.95. The normalized spacial score (nSPS) is 15.2. The molecule has 15 heavy (non-hydrogen) atoms. The van der Waals surface area contributed by atoms with E-state index in [0.717, 1.165) is 6.54 Å². The molecule has 0 amide bonds. The highest BCUT2D eigenvalue weighted by molar-refractivity contribution is 9.10. The first-order valence-electron chi connectivity index (χ1n) is 5.64. The quantitative estimate of drug-likeness (QED) is 0.832. The molecule has 0 aliphatic carbocycles. The van der Waals surface area contributed by atoms with Gasteiger partial charge in [0, 0.05) is 15.4 Å². The lowest BCUT2D eigenvalue weighted by Gasteiger charge is -2.23. The van der Waals surface area contributed by atoms with Gasteiger partial charge >= 0.3 is 0 Å². The number of hydrogen-bond acceptors (Lipinski definition) is 2. The van der Waals surface area contributed by atoms with Gasteiger partial charge < -0.3 is 5.32 Å². The van der Waals surface area contributed by atoms with E-state index in [2.05, 4.69) is 53.5 Å². The van der Waals surface area contributed by atoms with Crippen LogP contribution in [-0.2, 0) is 6.42 Å². The Bertz CT molecular complexity index is 285. The fraction of sp³-hybridized carbons (Fsp3) is 0.667. The largest absolute Gasteiger partial charge is 0.314 e. The Labute approximate surface area is 105 Å². The summed E-state index contributed by atoms with van der Waals surface area (Å²) in [5.74, 6) is 0.699. The van der Waals surface area contributed by atoms with Gasteiger partial charge in [0.05, 0.1) is 0 Å². The van der Waals surface area contributed by atoms with Crippen molar-refractivity contribution in [3.8, 4) is 0 Å². The van der Waals surface area contributed by atoms with E-state index in [9.17, 15) is 0 Å². The molecule has 1 rings (SSSR count). The van der Waals surface area contributed by atoms with Gasteiger partial charge in [-0.3, -0.25) is 0 Å². The molecule has 0 aromatic carbocycles. The monoisotopic (exact) mass is 289 g/mol. The first kappa shape index (κ1) is 13.2.